The topological polar surface area (TPSA) is 46.3 Å². The number of furan rings is 1. The molecule has 0 saturated heterocycles. The lowest BCUT2D eigenvalue weighted by molar-refractivity contribution is 0.0983. The van der Waals surface area contributed by atoms with E-state index in [-0.39, 0.29) is 5.91 Å². The highest BCUT2D eigenvalue weighted by atomic mass is 79.9. The molecule has 0 fully saturated rings. The van der Waals surface area contributed by atoms with Crippen LogP contribution in [0.5, 0.6) is 0 Å². The van der Waals surface area contributed by atoms with E-state index in [1.54, 1.807) is 29.6 Å². The molecule has 0 saturated carbocycles. The predicted molar refractivity (Wildman–Crippen MR) is 87.6 cm³/mol. The molecule has 0 unspecified atom stereocenters. The molecule has 0 spiro atoms. The van der Waals surface area contributed by atoms with E-state index in [0.717, 1.165) is 15.9 Å². The van der Waals surface area contributed by atoms with Crippen LogP contribution in [0.1, 0.15) is 16.1 Å². The van der Waals surface area contributed by atoms with Crippen molar-refractivity contribution in [3.8, 4) is 0 Å². The fourth-order valence-corrected chi connectivity index (χ4v) is 2.50. The molecule has 3 rings (SSSR count). The number of hydrogen-bond donors (Lipinski definition) is 0. The molecule has 110 valence electrons. The minimum atomic E-state index is -0.128. The first-order valence-electron chi connectivity index (χ1n) is 6.74. The second-order valence-electron chi connectivity index (χ2n) is 4.70. The number of aromatic nitrogens is 1. The summed E-state index contributed by atoms with van der Waals surface area (Å²) in [5, 5.41) is 0. The lowest BCUT2D eigenvalue weighted by atomic mass is 10.2. The highest BCUT2D eigenvalue weighted by molar-refractivity contribution is 9.10. The van der Waals surface area contributed by atoms with E-state index in [4.69, 9.17) is 4.42 Å². The second-order valence-corrected chi connectivity index (χ2v) is 5.61. The average Bonchev–Trinajstić information content (AvgIpc) is 3.06. The maximum Gasteiger partial charge on any atom is 0.260 e. The molecule has 2 heterocycles. The van der Waals surface area contributed by atoms with Crippen molar-refractivity contribution in [2.75, 3.05) is 4.90 Å². The van der Waals surface area contributed by atoms with Crippen molar-refractivity contribution >= 4 is 27.5 Å². The van der Waals surface area contributed by atoms with Crippen molar-refractivity contribution < 1.29 is 9.21 Å². The predicted octanol–water partition coefficient (Wildman–Crippen LogP) is 4.28. The molecule has 0 radical (unpaired) electrons. The van der Waals surface area contributed by atoms with Crippen molar-refractivity contribution in [1.82, 2.24) is 4.98 Å². The molecule has 1 aromatic carbocycles. The van der Waals surface area contributed by atoms with Crippen LogP contribution >= 0.6 is 15.9 Å². The summed E-state index contributed by atoms with van der Waals surface area (Å²) in [6, 6.07) is 14.9. The number of rotatable bonds is 4. The zero-order chi connectivity index (χ0) is 15.4. The second kappa shape index (κ2) is 6.58. The third-order valence-electron chi connectivity index (χ3n) is 3.16. The Morgan fingerprint density at radius 1 is 1.14 bits per heavy atom. The minimum Gasteiger partial charge on any atom is -0.467 e. The number of para-hydroxylation sites is 1. The first kappa shape index (κ1) is 14.5. The molecule has 0 atom stereocenters. The van der Waals surface area contributed by atoms with Gasteiger partial charge in [-0.3, -0.25) is 9.78 Å². The van der Waals surface area contributed by atoms with Gasteiger partial charge in [0.2, 0.25) is 0 Å². The molecule has 1 amide bonds. The number of pyridine rings is 1. The molecule has 0 aliphatic heterocycles. The summed E-state index contributed by atoms with van der Waals surface area (Å²) in [4.78, 5) is 18.6. The smallest absolute Gasteiger partial charge is 0.260 e. The Morgan fingerprint density at radius 2 is 1.95 bits per heavy atom. The summed E-state index contributed by atoms with van der Waals surface area (Å²) in [5.74, 6) is 0.594. The average molecular weight is 357 g/mol. The summed E-state index contributed by atoms with van der Waals surface area (Å²) in [7, 11) is 0. The van der Waals surface area contributed by atoms with Gasteiger partial charge in [0.15, 0.2) is 0 Å². The van der Waals surface area contributed by atoms with E-state index < -0.39 is 0 Å². The number of halogens is 1. The van der Waals surface area contributed by atoms with Gasteiger partial charge in [-0.2, -0.15) is 0 Å². The highest BCUT2D eigenvalue weighted by Crippen LogP contribution is 2.21. The van der Waals surface area contributed by atoms with Gasteiger partial charge in [0, 0.05) is 22.6 Å². The quantitative estimate of drug-likeness (QED) is 0.700. The largest absolute Gasteiger partial charge is 0.467 e. The highest BCUT2D eigenvalue weighted by Gasteiger charge is 2.19. The van der Waals surface area contributed by atoms with Crippen LogP contribution < -0.4 is 4.90 Å². The molecule has 0 aliphatic carbocycles. The van der Waals surface area contributed by atoms with E-state index in [1.165, 1.54) is 0 Å². The lowest BCUT2D eigenvalue weighted by Gasteiger charge is -2.22. The third kappa shape index (κ3) is 3.26. The molecule has 4 nitrogen and oxygen atoms in total. The first-order valence-corrected chi connectivity index (χ1v) is 7.53. The number of nitrogens with zero attached hydrogens (tertiary/aromatic N) is 2. The monoisotopic (exact) mass is 356 g/mol. The minimum absolute atomic E-state index is 0.128. The molecular weight excluding hydrogens is 344 g/mol. The fourth-order valence-electron chi connectivity index (χ4n) is 2.13. The Hall–Kier alpha value is -2.40. The molecule has 22 heavy (non-hydrogen) atoms. The van der Waals surface area contributed by atoms with Gasteiger partial charge >= 0.3 is 0 Å². The van der Waals surface area contributed by atoms with Gasteiger partial charge in [-0.1, -0.05) is 18.2 Å². The molecule has 3 aromatic rings. The molecule has 5 heteroatoms. The summed E-state index contributed by atoms with van der Waals surface area (Å²) in [6.45, 7) is 0.363. The van der Waals surface area contributed by atoms with Crippen LogP contribution in [-0.4, -0.2) is 10.9 Å². The van der Waals surface area contributed by atoms with Crippen LogP contribution in [0.4, 0.5) is 5.69 Å². The lowest BCUT2D eigenvalue weighted by Crippen LogP contribution is -2.30. The number of anilines is 1. The number of amides is 1. The Morgan fingerprint density at radius 3 is 2.64 bits per heavy atom. The zero-order valence-electron chi connectivity index (χ0n) is 11.6. The molecule has 2 aromatic heterocycles. The van der Waals surface area contributed by atoms with Crippen LogP contribution in [0.2, 0.25) is 0 Å². The van der Waals surface area contributed by atoms with Gasteiger partial charge in [-0.15, -0.1) is 0 Å². The fraction of sp³-hybridized carbons (Fsp3) is 0.0588. The maximum absolute atomic E-state index is 12.8. The third-order valence-corrected chi connectivity index (χ3v) is 3.59. The van der Waals surface area contributed by atoms with Crippen LogP contribution in [0.3, 0.4) is 0 Å². The Labute approximate surface area is 136 Å². The van der Waals surface area contributed by atoms with E-state index in [1.807, 2.05) is 42.5 Å². The van der Waals surface area contributed by atoms with Gasteiger partial charge in [0.1, 0.15) is 5.76 Å². The van der Waals surface area contributed by atoms with Crippen molar-refractivity contribution in [3.05, 3.63) is 83.0 Å². The van der Waals surface area contributed by atoms with E-state index in [9.17, 15) is 4.79 Å². The summed E-state index contributed by atoms with van der Waals surface area (Å²) >= 11 is 3.34. The summed E-state index contributed by atoms with van der Waals surface area (Å²) in [6.07, 6.45) is 4.81. The summed E-state index contributed by atoms with van der Waals surface area (Å²) < 4.78 is 6.14. The van der Waals surface area contributed by atoms with Crippen molar-refractivity contribution in [3.63, 3.8) is 0 Å². The van der Waals surface area contributed by atoms with Gasteiger partial charge in [0.25, 0.3) is 5.91 Å². The Kier molecular flexibility index (Phi) is 4.34. The number of hydrogen-bond acceptors (Lipinski definition) is 3. The van der Waals surface area contributed by atoms with Crippen LogP contribution in [-0.2, 0) is 6.54 Å². The van der Waals surface area contributed by atoms with E-state index >= 15 is 0 Å². The van der Waals surface area contributed by atoms with Crippen LogP contribution in [0.25, 0.3) is 0 Å². The number of carbonyl (C=O) groups excluding carboxylic acids is 1. The number of benzene rings is 1. The molecule has 0 N–H and O–H groups in total. The standard InChI is InChI=1S/C17H13BrN2O2/c18-14-9-13(10-19-11-14)17(21)20(12-16-7-4-8-22-16)15-5-2-1-3-6-15/h1-11H,12H2. The number of carbonyl (C=O) groups is 1. The van der Waals surface area contributed by atoms with Crippen molar-refractivity contribution in [1.29, 1.82) is 0 Å². The van der Waals surface area contributed by atoms with Gasteiger partial charge in [0.05, 0.1) is 18.4 Å². The van der Waals surface area contributed by atoms with Crippen molar-refractivity contribution in [2.45, 2.75) is 6.54 Å². The molecule has 0 bridgehead atoms. The van der Waals surface area contributed by atoms with E-state index in [0.29, 0.717) is 12.1 Å². The van der Waals surface area contributed by atoms with Crippen LogP contribution in [0.15, 0.2) is 76.1 Å². The zero-order valence-corrected chi connectivity index (χ0v) is 13.2. The molecule has 0 aliphatic rings. The van der Waals surface area contributed by atoms with Crippen molar-refractivity contribution in [2.24, 2.45) is 0 Å². The van der Waals surface area contributed by atoms with Gasteiger partial charge in [-0.25, -0.2) is 0 Å². The Bertz CT molecular complexity index is 757. The van der Waals surface area contributed by atoms with Crippen LogP contribution in [0, 0.1) is 0 Å². The van der Waals surface area contributed by atoms with Gasteiger partial charge < -0.3 is 9.32 Å². The summed E-state index contributed by atoms with van der Waals surface area (Å²) in [5.41, 5.74) is 1.33. The van der Waals surface area contributed by atoms with E-state index in [2.05, 4.69) is 20.9 Å². The Balaban J connectivity index is 1.96. The maximum atomic E-state index is 12.8. The van der Waals surface area contributed by atoms with Gasteiger partial charge in [-0.05, 0) is 46.3 Å². The first-order chi connectivity index (χ1) is 10.7. The molecular formula is C17H13BrN2O2. The normalized spacial score (nSPS) is 10.4. The SMILES string of the molecule is O=C(c1cncc(Br)c1)N(Cc1ccco1)c1ccccc1.